The van der Waals surface area contributed by atoms with Crippen LogP contribution in [0.3, 0.4) is 0 Å². The predicted octanol–water partition coefficient (Wildman–Crippen LogP) is 3.41. The van der Waals surface area contributed by atoms with Crippen molar-refractivity contribution in [2.45, 2.75) is 13.3 Å². The largest absolute Gasteiger partial charge is 0.481 e. The Balaban J connectivity index is 2.26. The number of rotatable bonds is 4. The van der Waals surface area contributed by atoms with Gasteiger partial charge in [-0.15, -0.1) is 0 Å². The van der Waals surface area contributed by atoms with Gasteiger partial charge in [-0.3, -0.25) is 14.5 Å². The predicted molar refractivity (Wildman–Crippen MR) is 88.2 cm³/mol. The van der Waals surface area contributed by atoms with Gasteiger partial charge < -0.3 is 5.11 Å². The summed E-state index contributed by atoms with van der Waals surface area (Å²) in [6, 6.07) is 7.18. The van der Waals surface area contributed by atoms with Crippen LogP contribution in [0, 0.1) is 0 Å². The highest BCUT2D eigenvalue weighted by atomic mass is 35.5. The summed E-state index contributed by atoms with van der Waals surface area (Å²) in [6.45, 7) is 1.93. The van der Waals surface area contributed by atoms with Crippen LogP contribution in [0.4, 0.5) is 0 Å². The topological polar surface area (TPSA) is 57.6 Å². The summed E-state index contributed by atoms with van der Waals surface area (Å²) >= 11 is 12.2. The number of thiocarbonyl (C=S) groups is 1. The molecule has 4 nitrogen and oxygen atoms in total. The first-order valence-corrected chi connectivity index (χ1v) is 7.72. The minimum absolute atomic E-state index is 0.0946. The molecule has 0 aromatic heterocycles. The number of carbonyl (C=O) groups excluding carboxylic acids is 1. The summed E-state index contributed by atoms with van der Waals surface area (Å²) in [6.07, 6.45) is -0.125. The van der Waals surface area contributed by atoms with Crippen LogP contribution in [0.5, 0.6) is 0 Å². The molecule has 0 aliphatic carbocycles. The molecule has 2 rings (SSSR count). The van der Waals surface area contributed by atoms with E-state index in [1.54, 1.807) is 12.1 Å². The fourth-order valence-corrected chi connectivity index (χ4v) is 3.34. The maximum atomic E-state index is 12.4. The van der Waals surface area contributed by atoms with Gasteiger partial charge in [0, 0.05) is 11.6 Å². The third-order valence-electron chi connectivity index (χ3n) is 3.02. The molecular weight excluding hydrogens is 330 g/mol. The van der Waals surface area contributed by atoms with Gasteiger partial charge in [-0.25, -0.2) is 0 Å². The molecule has 1 heterocycles. The van der Waals surface area contributed by atoms with E-state index in [4.69, 9.17) is 28.9 Å². The quantitative estimate of drug-likeness (QED) is 0.672. The second-order valence-electron chi connectivity index (χ2n) is 4.43. The van der Waals surface area contributed by atoms with Gasteiger partial charge >= 0.3 is 5.97 Å². The SMILES string of the molecule is C/C(=C1\SC(=S)N(CCC(=O)O)C1=O)c1ccc(Cl)cc1. The van der Waals surface area contributed by atoms with E-state index in [0.717, 1.165) is 11.1 Å². The Kier molecular flexibility index (Phi) is 5.03. The average Bonchev–Trinajstić information content (AvgIpc) is 2.72. The number of aliphatic carboxylic acids is 1. The second-order valence-corrected chi connectivity index (χ2v) is 6.51. The number of amides is 1. The maximum Gasteiger partial charge on any atom is 0.305 e. The highest BCUT2D eigenvalue weighted by molar-refractivity contribution is 8.26. The standard InChI is InChI=1S/C14H12ClNO3S2/c1-8(9-2-4-10(15)5-3-9)12-13(19)16(14(20)21-12)7-6-11(17)18/h2-5H,6-7H2,1H3,(H,17,18)/b12-8+. The molecule has 0 bridgehead atoms. The Hall–Kier alpha value is -1.37. The molecule has 1 fully saturated rings. The molecule has 0 unspecified atom stereocenters. The summed E-state index contributed by atoms with van der Waals surface area (Å²) in [5, 5.41) is 9.34. The number of carboxylic acids is 1. The molecule has 21 heavy (non-hydrogen) atoms. The van der Waals surface area contributed by atoms with E-state index >= 15 is 0 Å². The number of nitrogens with zero attached hydrogens (tertiary/aromatic N) is 1. The van der Waals surface area contributed by atoms with Crippen LogP contribution >= 0.6 is 35.6 Å². The summed E-state index contributed by atoms with van der Waals surface area (Å²) < 4.78 is 0.393. The number of halogens is 1. The molecule has 0 saturated carbocycles. The zero-order chi connectivity index (χ0) is 15.6. The molecule has 1 aromatic carbocycles. The van der Waals surface area contributed by atoms with Crippen LogP contribution in [-0.4, -0.2) is 32.7 Å². The van der Waals surface area contributed by atoms with Crippen LogP contribution in [0.25, 0.3) is 5.57 Å². The lowest BCUT2D eigenvalue weighted by Gasteiger charge is -2.12. The van der Waals surface area contributed by atoms with Crippen LogP contribution < -0.4 is 0 Å². The highest BCUT2D eigenvalue weighted by Gasteiger charge is 2.33. The third kappa shape index (κ3) is 3.64. The normalized spacial score (nSPS) is 17.3. The van der Waals surface area contributed by atoms with E-state index < -0.39 is 5.97 Å². The molecule has 0 atom stereocenters. The fraction of sp³-hybridized carbons (Fsp3) is 0.214. The van der Waals surface area contributed by atoms with Gasteiger partial charge in [0.1, 0.15) is 4.32 Å². The van der Waals surface area contributed by atoms with Gasteiger partial charge in [0.25, 0.3) is 5.91 Å². The molecule has 1 aromatic rings. The summed E-state index contributed by atoms with van der Waals surface area (Å²) in [4.78, 5) is 24.8. The van der Waals surface area contributed by atoms with Crippen molar-refractivity contribution in [2.24, 2.45) is 0 Å². The first kappa shape index (κ1) is 16.0. The third-order valence-corrected chi connectivity index (χ3v) is 4.82. The van der Waals surface area contributed by atoms with E-state index in [0.29, 0.717) is 14.2 Å². The van der Waals surface area contributed by atoms with Crippen LogP contribution in [-0.2, 0) is 9.59 Å². The lowest BCUT2D eigenvalue weighted by atomic mass is 10.1. The number of allylic oxidation sites excluding steroid dienone is 1. The Morgan fingerprint density at radius 3 is 2.57 bits per heavy atom. The smallest absolute Gasteiger partial charge is 0.305 e. The van der Waals surface area contributed by atoms with Gasteiger partial charge in [0.2, 0.25) is 0 Å². The first-order chi connectivity index (χ1) is 9.90. The highest BCUT2D eigenvalue weighted by Crippen LogP contribution is 2.36. The molecule has 7 heteroatoms. The van der Waals surface area contributed by atoms with Gasteiger partial charge in [0.15, 0.2) is 0 Å². The van der Waals surface area contributed by atoms with E-state index in [2.05, 4.69) is 0 Å². The van der Waals surface area contributed by atoms with Gasteiger partial charge in [-0.2, -0.15) is 0 Å². The Morgan fingerprint density at radius 1 is 1.38 bits per heavy atom. The van der Waals surface area contributed by atoms with Crippen molar-refractivity contribution < 1.29 is 14.7 Å². The zero-order valence-corrected chi connectivity index (χ0v) is 13.5. The molecular formula is C14H12ClNO3S2. The van der Waals surface area contributed by atoms with Gasteiger partial charge in [-0.1, -0.05) is 47.7 Å². The van der Waals surface area contributed by atoms with Gasteiger partial charge in [0.05, 0.1) is 11.3 Å². The number of carboxylic acid groups (broad SMARTS) is 1. The van der Waals surface area contributed by atoms with Crippen molar-refractivity contribution in [3.63, 3.8) is 0 Å². The number of hydrogen-bond acceptors (Lipinski definition) is 4. The molecule has 1 saturated heterocycles. The minimum atomic E-state index is -0.956. The van der Waals surface area contributed by atoms with Gasteiger partial charge in [-0.05, 0) is 30.2 Å². The summed E-state index contributed by atoms with van der Waals surface area (Å²) in [5.41, 5.74) is 1.69. The fourth-order valence-electron chi connectivity index (χ4n) is 1.86. The van der Waals surface area contributed by atoms with Crippen LogP contribution in [0.15, 0.2) is 29.2 Å². The Bertz CT molecular complexity index is 640. The lowest BCUT2D eigenvalue weighted by molar-refractivity contribution is -0.137. The summed E-state index contributed by atoms with van der Waals surface area (Å²) in [7, 11) is 0. The monoisotopic (exact) mass is 341 g/mol. The average molecular weight is 342 g/mol. The zero-order valence-electron chi connectivity index (χ0n) is 11.1. The Labute approximate surface area is 136 Å². The van der Waals surface area contributed by atoms with Crippen molar-refractivity contribution >= 4 is 57.4 Å². The molecule has 1 aliphatic rings. The number of hydrogen-bond donors (Lipinski definition) is 1. The van der Waals surface area contributed by atoms with Crippen molar-refractivity contribution in [3.8, 4) is 0 Å². The summed E-state index contributed by atoms with van der Waals surface area (Å²) in [5.74, 6) is -1.19. The first-order valence-electron chi connectivity index (χ1n) is 6.12. The number of benzene rings is 1. The van der Waals surface area contributed by atoms with E-state index in [1.807, 2.05) is 19.1 Å². The second kappa shape index (κ2) is 6.60. The molecule has 1 amide bonds. The lowest BCUT2D eigenvalue weighted by Crippen LogP contribution is -2.30. The van der Waals surface area contributed by atoms with Crippen molar-refractivity contribution in [2.75, 3.05) is 6.54 Å². The van der Waals surface area contributed by atoms with Crippen molar-refractivity contribution in [1.82, 2.24) is 4.90 Å². The minimum Gasteiger partial charge on any atom is -0.481 e. The molecule has 110 valence electrons. The van der Waals surface area contributed by atoms with E-state index in [1.165, 1.54) is 16.7 Å². The Morgan fingerprint density at radius 2 is 2.00 bits per heavy atom. The molecule has 1 aliphatic heterocycles. The number of thioether (sulfide) groups is 1. The molecule has 1 N–H and O–H groups in total. The maximum absolute atomic E-state index is 12.4. The van der Waals surface area contributed by atoms with Crippen molar-refractivity contribution in [3.05, 3.63) is 39.8 Å². The van der Waals surface area contributed by atoms with E-state index in [-0.39, 0.29) is 18.9 Å². The van der Waals surface area contributed by atoms with Crippen LogP contribution in [0.2, 0.25) is 5.02 Å². The molecule has 0 spiro atoms. The van der Waals surface area contributed by atoms with Crippen LogP contribution in [0.1, 0.15) is 18.9 Å². The van der Waals surface area contributed by atoms with E-state index in [9.17, 15) is 9.59 Å². The van der Waals surface area contributed by atoms with Crippen molar-refractivity contribution in [1.29, 1.82) is 0 Å². The number of carbonyl (C=O) groups is 2. The molecule has 0 radical (unpaired) electrons.